The summed E-state index contributed by atoms with van der Waals surface area (Å²) in [4.78, 5) is 24.5. The summed E-state index contributed by atoms with van der Waals surface area (Å²) in [5, 5.41) is 2.94. The summed E-state index contributed by atoms with van der Waals surface area (Å²) in [6, 6.07) is 16.2. The van der Waals surface area contributed by atoms with E-state index in [0.29, 0.717) is 17.1 Å². The molecule has 1 aliphatic rings. The highest BCUT2D eigenvalue weighted by atomic mass is 16.5. The zero-order valence-electron chi connectivity index (χ0n) is 14.8. The van der Waals surface area contributed by atoms with Crippen LogP contribution in [0.3, 0.4) is 0 Å². The number of carbonyl (C=O) groups is 2. The fraction of sp³-hybridized carbons (Fsp3) is 0.333. The van der Waals surface area contributed by atoms with E-state index in [1.807, 2.05) is 30.3 Å². The lowest BCUT2D eigenvalue weighted by atomic mass is 10.2. The predicted molar refractivity (Wildman–Crippen MR) is 98.2 cm³/mol. The lowest BCUT2D eigenvalue weighted by Gasteiger charge is -2.17. The van der Waals surface area contributed by atoms with Crippen molar-refractivity contribution in [3.05, 3.63) is 60.2 Å². The number of benzene rings is 2. The van der Waals surface area contributed by atoms with Crippen LogP contribution in [0.25, 0.3) is 0 Å². The van der Waals surface area contributed by atoms with E-state index < -0.39 is 12.1 Å². The molecule has 1 N–H and O–H groups in total. The van der Waals surface area contributed by atoms with Gasteiger partial charge in [-0.15, -0.1) is 0 Å². The lowest BCUT2D eigenvalue weighted by molar-refractivity contribution is -0.129. The molecule has 0 heterocycles. The average Bonchev–Trinajstić information content (AvgIpc) is 3.15. The van der Waals surface area contributed by atoms with E-state index in [1.165, 1.54) is 0 Å². The fourth-order valence-electron chi connectivity index (χ4n) is 2.98. The molecule has 2 aromatic rings. The van der Waals surface area contributed by atoms with Crippen molar-refractivity contribution in [2.75, 3.05) is 0 Å². The topological polar surface area (TPSA) is 64.6 Å². The summed E-state index contributed by atoms with van der Waals surface area (Å²) in [7, 11) is 0. The molecule has 1 atom stereocenters. The Balaban J connectivity index is 1.58. The number of ether oxygens (including phenoxy) is 2. The van der Waals surface area contributed by atoms with E-state index in [-0.39, 0.29) is 11.9 Å². The second-order valence-corrected chi connectivity index (χ2v) is 6.48. The standard InChI is InChI=1S/C21H23NO4/c1-15(20(23)22-17-9-5-6-10-17)25-21(24)16-8-7-13-19(14-16)26-18-11-3-2-4-12-18/h2-4,7-8,11-15,17H,5-6,9-10H2,1H3,(H,22,23)/t15-/m0/s1. The van der Waals surface area contributed by atoms with Gasteiger partial charge < -0.3 is 14.8 Å². The first-order valence-electron chi connectivity index (χ1n) is 8.96. The molecule has 0 aliphatic heterocycles. The van der Waals surface area contributed by atoms with Gasteiger partial charge in [0.25, 0.3) is 5.91 Å². The molecule has 1 aliphatic carbocycles. The van der Waals surface area contributed by atoms with Crippen molar-refractivity contribution in [1.29, 1.82) is 0 Å². The Labute approximate surface area is 153 Å². The van der Waals surface area contributed by atoms with Gasteiger partial charge in [0.2, 0.25) is 0 Å². The maximum absolute atomic E-state index is 12.3. The van der Waals surface area contributed by atoms with Crippen LogP contribution in [0.15, 0.2) is 54.6 Å². The smallest absolute Gasteiger partial charge is 0.339 e. The van der Waals surface area contributed by atoms with E-state index in [1.54, 1.807) is 31.2 Å². The first-order chi connectivity index (χ1) is 12.6. The van der Waals surface area contributed by atoms with Crippen molar-refractivity contribution in [1.82, 2.24) is 5.32 Å². The highest BCUT2D eigenvalue weighted by Crippen LogP contribution is 2.22. The number of rotatable bonds is 6. The number of hydrogen-bond donors (Lipinski definition) is 1. The number of hydrogen-bond acceptors (Lipinski definition) is 4. The minimum absolute atomic E-state index is 0.200. The molecule has 1 saturated carbocycles. The van der Waals surface area contributed by atoms with Gasteiger partial charge in [-0.1, -0.05) is 37.1 Å². The van der Waals surface area contributed by atoms with Gasteiger partial charge in [0.05, 0.1) is 5.56 Å². The molecule has 5 nitrogen and oxygen atoms in total. The summed E-state index contributed by atoms with van der Waals surface area (Å²) in [6.07, 6.45) is 3.42. The minimum Gasteiger partial charge on any atom is -0.457 e. The van der Waals surface area contributed by atoms with Gasteiger partial charge in [-0.3, -0.25) is 4.79 Å². The van der Waals surface area contributed by atoms with Crippen molar-refractivity contribution in [3.63, 3.8) is 0 Å². The summed E-state index contributed by atoms with van der Waals surface area (Å²) in [5.41, 5.74) is 0.346. The van der Waals surface area contributed by atoms with Crippen molar-refractivity contribution in [2.24, 2.45) is 0 Å². The quantitative estimate of drug-likeness (QED) is 0.795. The number of carbonyl (C=O) groups excluding carboxylic acids is 2. The van der Waals surface area contributed by atoms with E-state index in [2.05, 4.69) is 5.32 Å². The Morgan fingerprint density at radius 2 is 1.69 bits per heavy atom. The van der Waals surface area contributed by atoms with Crippen molar-refractivity contribution in [3.8, 4) is 11.5 Å². The third kappa shape index (κ3) is 4.85. The average molecular weight is 353 g/mol. The van der Waals surface area contributed by atoms with Crippen molar-refractivity contribution in [2.45, 2.75) is 44.8 Å². The Morgan fingerprint density at radius 1 is 1.00 bits per heavy atom. The molecule has 1 fully saturated rings. The third-order valence-corrected chi connectivity index (χ3v) is 4.40. The molecule has 0 spiro atoms. The van der Waals surface area contributed by atoms with Gasteiger partial charge >= 0.3 is 5.97 Å². The molecule has 1 amide bonds. The Kier molecular flexibility index (Phi) is 5.89. The van der Waals surface area contributed by atoms with Crippen LogP contribution in [-0.2, 0) is 9.53 Å². The third-order valence-electron chi connectivity index (χ3n) is 4.40. The summed E-state index contributed by atoms with van der Waals surface area (Å²) >= 11 is 0. The molecule has 136 valence electrons. The molecule has 3 rings (SSSR count). The predicted octanol–water partition coefficient (Wildman–Crippen LogP) is 4.08. The van der Waals surface area contributed by atoms with Gasteiger partial charge in [0.1, 0.15) is 11.5 Å². The molecule has 0 aromatic heterocycles. The largest absolute Gasteiger partial charge is 0.457 e. The molecular formula is C21H23NO4. The first kappa shape index (κ1) is 18.0. The minimum atomic E-state index is -0.832. The van der Waals surface area contributed by atoms with Crippen LogP contribution in [-0.4, -0.2) is 24.0 Å². The second kappa shape index (κ2) is 8.52. The molecular weight excluding hydrogens is 330 g/mol. The number of nitrogens with one attached hydrogen (secondary N) is 1. The van der Waals surface area contributed by atoms with Gasteiger partial charge in [-0.05, 0) is 50.1 Å². The Bertz CT molecular complexity index is 754. The zero-order chi connectivity index (χ0) is 18.4. The molecule has 2 aromatic carbocycles. The Hall–Kier alpha value is -2.82. The first-order valence-corrected chi connectivity index (χ1v) is 8.96. The number of esters is 1. The van der Waals surface area contributed by atoms with E-state index >= 15 is 0 Å². The monoisotopic (exact) mass is 353 g/mol. The summed E-state index contributed by atoms with van der Waals surface area (Å²) < 4.78 is 11.0. The highest BCUT2D eigenvalue weighted by Gasteiger charge is 2.23. The normalized spacial score (nSPS) is 15.3. The van der Waals surface area contributed by atoms with Crippen LogP contribution < -0.4 is 10.1 Å². The van der Waals surface area contributed by atoms with Crippen LogP contribution in [0.1, 0.15) is 43.0 Å². The molecule has 0 radical (unpaired) electrons. The maximum Gasteiger partial charge on any atom is 0.339 e. The van der Waals surface area contributed by atoms with Crippen LogP contribution >= 0.6 is 0 Å². The molecule has 5 heteroatoms. The number of para-hydroxylation sites is 1. The summed E-state index contributed by atoms with van der Waals surface area (Å²) in [6.45, 7) is 1.59. The van der Waals surface area contributed by atoms with Crippen molar-refractivity contribution >= 4 is 11.9 Å². The molecule has 0 saturated heterocycles. The van der Waals surface area contributed by atoms with Crippen molar-refractivity contribution < 1.29 is 19.1 Å². The van der Waals surface area contributed by atoms with Gasteiger partial charge in [-0.2, -0.15) is 0 Å². The maximum atomic E-state index is 12.3. The molecule has 0 bridgehead atoms. The van der Waals surface area contributed by atoms with Gasteiger partial charge in [0, 0.05) is 6.04 Å². The molecule has 0 unspecified atom stereocenters. The van der Waals surface area contributed by atoms with Crippen LogP contribution in [0.5, 0.6) is 11.5 Å². The highest BCUT2D eigenvalue weighted by molar-refractivity contribution is 5.92. The van der Waals surface area contributed by atoms with E-state index in [4.69, 9.17) is 9.47 Å². The number of amides is 1. The van der Waals surface area contributed by atoms with E-state index in [9.17, 15) is 9.59 Å². The fourth-order valence-corrected chi connectivity index (χ4v) is 2.98. The van der Waals surface area contributed by atoms with Gasteiger partial charge in [0.15, 0.2) is 6.10 Å². The lowest BCUT2D eigenvalue weighted by Crippen LogP contribution is -2.40. The van der Waals surface area contributed by atoms with Crippen LogP contribution in [0, 0.1) is 0 Å². The van der Waals surface area contributed by atoms with Crippen LogP contribution in [0.2, 0.25) is 0 Å². The van der Waals surface area contributed by atoms with Crippen LogP contribution in [0.4, 0.5) is 0 Å². The summed E-state index contributed by atoms with van der Waals surface area (Å²) in [5.74, 6) is 0.426. The van der Waals surface area contributed by atoms with Gasteiger partial charge in [-0.25, -0.2) is 4.79 Å². The molecule has 26 heavy (non-hydrogen) atoms. The van der Waals surface area contributed by atoms with E-state index in [0.717, 1.165) is 25.7 Å². The zero-order valence-corrected chi connectivity index (χ0v) is 14.8. The Morgan fingerprint density at radius 3 is 2.42 bits per heavy atom. The SMILES string of the molecule is C[C@H](OC(=O)c1cccc(Oc2ccccc2)c1)C(=O)NC1CCCC1. The second-order valence-electron chi connectivity index (χ2n) is 6.48.